The van der Waals surface area contributed by atoms with Crippen LogP contribution in [-0.2, 0) is 13.0 Å². The molecule has 4 aromatic rings. The maximum absolute atomic E-state index is 10.6. The number of aliphatic hydroxyl groups is 3. The Morgan fingerprint density at radius 1 is 1.08 bits per heavy atom. The molecule has 10 nitrogen and oxygen atoms in total. The number of aliphatic hydroxyl groups excluding tert-OH is 3. The van der Waals surface area contributed by atoms with Gasteiger partial charge in [-0.05, 0) is 44.0 Å². The lowest BCUT2D eigenvalue weighted by Crippen LogP contribution is -2.35. The second-order valence-corrected chi connectivity index (χ2v) is 9.12. The molecule has 0 saturated heterocycles. The third-order valence-electron chi connectivity index (χ3n) is 6.67. The molecule has 0 amide bonds. The number of furan rings is 1. The lowest BCUT2D eigenvalue weighted by atomic mass is 10.1. The summed E-state index contributed by atoms with van der Waals surface area (Å²) < 4.78 is 6.13. The first-order chi connectivity index (χ1) is 17.5. The summed E-state index contributed by atoms with van der Waals surface area (Å²) in [5, 5.41) is 38.0. The summed E-state index contributed by atoms with van der Waals surface area (Å²) in [5.74, 6) is 1.00. The largest absolute Gasteiger partial charge is 0.454 e. The molecule has 0 aromatic carbocycles. The van der Waals surface area contributed by atoms with Gasteiger partial charge in [-0.2, -0.15) is 4.98 Å². The number of hydrogen-bond donors (Lipinski definition) is 5. The highest BCUT2D eigenvalue weighted by atomic mass is 16.3. The van der Waals surface area contributed by atoms with E-state index >= 15 is 0 Å². The van der Waals surface area contributed by atoms with E-state index in [1.54, 1.807) is 12.4 Å². The predicted octanol–water partition coefficient (Wildman–Crippen LogP) is 2.68. The molecule has 188 valence electrons. The number of pyridine rings is 2. The maximum atomic E-state index is 10.6. The first-order valence-corrected chi connectivity index (χ1v) is 12.1. The van der Waals surface area contributed by atoms with Crippen LogP contribution in [0.5, 0.6) is 0 Å². The molecule has 4 aromatic heterocycles. The molecule has 5 rings (SSSR count). The van der Waals surface area contributed by atoms with Crippen LogP contribution in [0.15, 0.2) is 47.1 Å². The van der Waals surface area contributed by atoms with E-state index in [2.05, 4.69) is 25.6 Å². The van der Waals surface area contributed by atoms with Crippen LogP contribution < -0.4 is 10.6 Å². The summed E-state index contributed by atoms with van der Waals surface area (Å²) in [6.07, 6.45) is 2.57. The molecule has 10 heteroatoms. The van der Waals surface area contributed by atoms with Gasteiger partial charge in [0.1, 0.15) is 17.7 Å². The monoisotopic (exact) mass is 490 g/mol. The number of aromatic nitrogens is 4. The van der Waals surface area contributed by atoms with E-state index in [9.17, 15) is 15.3 Å². The fourth-order valence-electron chi connectivity index (χ4n) is 4.66. The van der Waals surface area contributed by atoms with Crippen LogP contribution in [0.2, 0.25) is 0 Å². The summed E-state index contributed by atoms with van der Waals surface area (Å²) in [7, 11) is 0. The van der Waals surface area contributed by atoms with Crippen molar-refractivity contribution < 1.29 is 19.7 Å². The van der Waals surface area contributed by atoms with Crippen molar-refractivity contribution >= 4 is 22.7 Å². The molecule has 36 heavy (non-hydrogen) atoms. The van der Waals surface area contributed by atoms with Crippen LogP contribution in [0.4, 0.5) is 11.8 Å². The summed E-state index contributed by atoms with van der Waals surface area (Å²) >= 11 is 0. The van der Waals surface area contributed by atoms with Crippen LogP contribution in [0.1, 0.15) is 30.4 Å². The van der Waals surface area contributed by atoms with E-state index in [1.807, 2.05) is 44.2 Å². The highest BCUT2D eigenvalue weighted by molar-refractivity contribution is 5.86. The van der Waals surface area contributed by atoms with Gasteiger partial charge in [-0.1, -0.05) is 13.0 Å². The lowest BCUT2D eigenvalue weighted by Gasteiger charge is -2.21. The highest BCUT2D eigenvalue weighted by Crippen LogP contribution is 2.37. The smallest absolute Gasteiger partial charge is 0.225 e. The van der Waals surface area contributed by atoms with Gasteiger partial charge < -0.3 is 30.4 Å². The fraction of sp³-hybridized carbons (Fsp3) is 0.385. The van der Waals surface area contributed by atoms with Gasteiger partial charge in [0.15, 0.2) is 5.58 Å². The number of nitrogens with one attached hydrogen (secondary N) is 2. The number of nitrogens with zero attached hydrogens (tertiary/aromatic N) is 4. The molecule has 4 atom stereocenters. The van der Waals surface area contributed by atoms with Crippen molar-refractivity contribution in [2.24, 2.45) is 5.92 Å². The van der Waals surface area contributed by atoms with Crippen LogP contribution in [-0.4, -0.2) is 60.1 Å². The molecule has 5 N–H and O–H groups in total. The summed E-state index contributed by atoms with van der Waals surface area (Å²) in [4.78, 5) is 18.1. The Hall–Kier alpha value is -3.60. The van der Waals surface area contributed by atoms with Crippen molar-refractivity contribution in [3.05, 3.63) is 59.8 Å². The van der Waals surface area contributed by atoms with Crippen LogP contribution in [0, 0.1) is 12.8 Å². The van der Waals surface area contributed by atoms with Crippen molar-refractivity contribution in [1.29, 1.82) is 0 Å². The molecule has 4 heterocycles. The number of anilines is 2. The molecular weight excluding hydrogens is 460 g/mol. The minimum Gasteiger partial charge on any atom is -0.454 e. The Morgan fingerprint density at radius 2 is 1.94 bits per heavy atom. The normalized spacial score (nSPS) is 21.7. The van der Waals surface area contributed by atoms with E-state index in [0.29, 0.717) is 47.3 Å². The van der Waals surface area contributed by atoms with Gasteiger partial charge in [0.05, 0.1) is 41.8 Å². The minimum atomic E-state index is -1.05. The second-order valence-electron chi connectivity index (χ2n) is 9.12. The molecule has 0 spiro atoms. The van der Waals surface area contributed by atoms with Gasteiger partial charge >= 0.3 is 0 Å². The maximum Gasteiger partial charge on any atom is 0.225 e. The third-order valence-corrected chi connectivity index (χ3v) is 6.67. The van der Waals surface area contributed by atoms with E-state index in [0.717, 1.165) is 23.2 Å². The molecule has 0 radical (unpaired) electrons. The molecular formula is C26H30N6O4. The molecule has 0 unspecified atom stereocenters. The van der Waals surface area contributed by atoms with Gasteiger partial charge in [-0.3, -0.25) is 9.97 Å². The lowest BCUT2D eigenvalue weighted by molar-refractivity contribution is 0.00446. The molecule has 1 fully saturated rings. The minimum absolute atomic E-state index is 0.209. The van der Waals surface area contributed by atoms with Crippen molar-refractivity contribution in [2.45, 2.75) is 51.5 Å². The Kier molecular flexibility index (Phi) is 6.82. The van der Waals surface area contributed by atoms with Gasteiger partial charge in [-0.15, -0.1) is 0 Å². The van der Waals surface area contributed by atoms with Gasteiger partial charge in [0.2, 0.25) is 5.95 Å². The number of aryl methyl sites for hydroxylation is 2. The van der Waals surface area contributed by atoms with Gasteiger partial charge in [0, 0.05) is 29.8 Å². The van der Waals surface area contributed by atoms with Crippen LogP contribution in [0.3, 0.4) is 0 Å². The zero-order valence-electron chi connectivity index (χ0n) is 20.2. The Balaban J connectivity index is 1.52. The highest BCUT2D eigenvalue weighted by Gasteiger charge is 2.41. The number of hydrogen-bond acceptors (Lipinski definition) is 10. The quantitative estimate of drug-likeness (QED) is 0.249. The summed E-state index contributed by atoms with van der Waals surface area (Å²) in [6, 6.07) is 9.10. The molecule has 1 aliphatic carbocycles. The first-order valence-electron chi connectivity index (χ1n) is 12.1. The van der Waals surface area contributed by atoms with Crippen molar-refractivity contribution in [3.8, 4) is 11.3 Å². The van der Waals surface area contributed by atoms with E-state index in [4.69, 9.17) is 9.40 Å². The predicted molar refractivity (Wildman–Crippen MR) is 135 cm³/mol. The Labute approximate surface area is 208 Å². The number of rotatable bonds is 8. The summed E-state index contributed by atoms with van der Waals surface area (Å²) in [6.45, 7) is 4.14. The van der Waals surface area contributed by atoms with Crippen LogP contribution in [0.25, 0.3) is 22.3 Å². The second kappa shape index (κ2) is 10.2. The third kappa shape index (κ3) is 4.75. The zero-order chi connectivity index (χ0) is 25.2. The van der Waals surface area contributed by atoms with E-state index in [1.165, 1.54) is 0 Å². The van der Waals surface area contributed by atoms with Gasteiger partial charge in [-0.25, -0.2) is 4.98 Å². The van der Waals surface area contributed by atoms with Crippen molar-refractivity contribution in [2.75, 3.05) is 17.2 Å². The average molecular weight is 491 g/mol. The molecule has 0 aliphatic heterocycles. The van der Waals surface area contributed by atoms with Gasteiger partial charge in [0.25, 0.3) is 0 Å². The van der Waals surface area contributed by atoms with Crippen molar-refractivity contribution in [1.82, 2.24) is 19.9 Å². The standard InChI is InChI=1S/C26H30N6O4/c1-3-17-8-15-10-20(36-21(15)12-28-17)22-14(2)30-26(29-11-18-6-4-5-7-27-18)32-25(22)31-19-9-16(13-33)23(34)24(19)35/h4-8,10,12,16,19,23-24,33-35H,3,9,11,13H2,1-2H3,(H2,29,30,31,32)/t16-,19-,23-,24+/m1/s1. The fourth-order valence-corrected chi connectivity index (χ4v) is 4.66. The van der Waals surface area contributed by atoms with E-state index in [-0.39, 0.29) is 6.61 Å². The Morgan fingerprint density at radius 3 is 2.67 bits per heavy atom. The Bertz CT molecular complexity index is 1350. The zero-order valence-corrected chi connectivity index (χ0v) is 20.2. The van der Waals surface area contributed by atoms with E-state index < -0.39 is 24.2 Å². The van der Waals surface area contributed by atoms with Crippen molar-refractivity contribution in [3.63, 3.8) is 0 Å². The summed E-state index contributed by atoms with van der Waals surface area (Å²) in [5.41, 5.74) is 3.79. The SMILES string of the molecule is CCc1cc2cc(-c3c(C)nc(NCc4ccccn4)nc3N[C@@H]3C[C@H](CO)[C@@H](O)[C@H]3O)oc2cn1. The first kappa shape index (κ1) is 24.1. The molecule has 1 aliphatic rings. The number of fused-ring (bicyclic) bond motifs is 1. The topological polar surface area (TPSA) is 149 Å². The molecule has 0 bridgehead atoms. The van der Waals surface area contributed by atoms with Crippen LogP contribution >= 0.6 is 0 Å². The average Bonchev–Trinajstić information content (AvgIpc) is 3.43. The molecule has 1 saturated carbocycles.